The quantitative estimate of drug-likeness (QED) is 0.753. The number of phenols is 1. The van der Waals surface area contributed by atoms with Gasteiger partial charge in [-0.15, -0.1) is 0 Å². The number of fused-ring (bicyclic) bond motifs is 1. The van der Waals surface area contributed by atoms with Gasteiger partial charge < -0.3 is 10.4 Å². The number of nitrogens with zero attached hydrogens (tertiary/aromatic N) is 1. The average Bonchev–Trinajstić information content (AvgIpc) is 2.52. The molecule has 0 unspecified atom stereocenters. The van der Waals surface area contributed by atoms with Crippen LogP contribution in [0.5, 0.6) is 5.75 Å². The van der Waals surface area contributed by atoms with E-state index in [1.54, 1.807) is 0 Å². The monoisotopic (exact) mass is 342 g/mol. The van der Waals surface area contributed by atoms with Crippen molar-refractivity contribution in [3.63, 3.8) is 0 Å². The molecule has 0 bridgehead atoms. The van der Waals surface area contributed by atoms with Crippen LogP contribution >= 0.6 is 15.9 Å². The molecule has 2 N–H and O–H groups in total. The van der Waals surface area contributed by atoms with Crippen molar-refractivity contribution in [3.8, 4) is 5.75 Å². The average molecular weight is 343 g/mol. The smallest absolute Gasteiger partial charge is 0.134 e. The third-order valence-corrected chi connectivity index (χ3v) is 4.06. The van der Waals surface area contributed by atoms with Crippen LogP contribution < -0.4 is 5.32 Å². The van der Waals surface area contributed by atoms with Crippen LogP contribution in [-0.2, 0) is 13.1 Å². The van der Waals surface area contributed by atoms with Gasteiger partial charge in [0.1, 0.15) is 5.75 Å². The van der Waals surface area contributed by atoms with Crippen LogP contribution in [0.3, 0.4) is 0 Å². The lowest BCUT2D eigenvalue weighted by atomic mass is 10.1. The third-order valence-electron chi connectivity index (χ3n) is 3.42. The molecule has 0 amide bonds. The van der Waals surface area contributed by atoms with Gasteiger partial charge in [-0.3, -0.25) is 4.98 Å². The Kier molecular flexibility index (Phi) is 4.18. The summed E-state index contributed by atoms with van der Waals surface area (Å²) in [6.07, 6.45) is 1.81. The molecule has 0 saturated carbocycles. The number of hydrogen-bond acceptors (Lipinski definition) is 3. The summed E-state index contributed by atoms with van der Waals surface area (Å²) >= 11 is 3.33. The molecule has 0 fully saturated rings. The predicted octanol–water partition coefficient (Wildman–Crippen LogP) is 3.99. The van der Waals surface area contributed by atoms with Crippen LogP contribution in [0.2, 0.25) is 0 Å². The minimum absolute atomic E-state index is 0.293. The normalized spacial score (nSPS) is 10.9. The number of halogens is 1. The molecule has 0 atom stereocenters. The fraction of sp³-hybridized carbons (Fsp3) is 0.118. The van der Waals surface area contributed by atoms with E-state index in [4.69, 9.17) is 0 Å². The van der Waals surface area contributed by atoms with E-state index in [1.165, 1.54) is 0 Å². The van der Waals surface area contributed by atoms with Gasteiger partial charge in [0, 0.05) is 30.2 Å². The fourth-order valence-electron chi connectivity index (χ4n) is 2.34. The zero-order chi connectivity index (χ0) is 14.7. The van der Waals surface area contributed by atoms with Gasteiger partial charge in [0.15, 0.2) is 0 Å². The van der Waals surface area contributed by atoms with Gasteiger partial charge in [0.2, 0.25) is 0 Å². The van der Waals surface area contributed by atoms with Crippen molar-refractivity contribution in [2.24, 2.45) is 0 Å². The number of hydrogen-bond donors (Lipinski definition) is 2. The third kappa shape index (κ3) is 3.06. The van der Waals surface area contributed by atoms with Crippen LogP contribution in [0.1, 0.15) is 11.1 Å². The van der Waals surface area contributed by atoms with Crippen LogP contribution in [-0.4, -0.2) is 10.1 Å². The Balaban J connectivity index is 1.74. The molecular formula is C17H15BrN2O. The van der Waals surface area contributed by atoms with E-state index in [0.717, 1.165) is 22.0 Å². The summed E-state index contributed by atoms with van der Waals surface area (Å²) in [5.74, 6) is 0.293. The standard InChI is InChI=1S/C17H15BrN2O/c18-15-8-2-6-14(17(15)21)11-19-10-13-5-1-4-12-7-3-9-20-16(12)13/h1-9,19,21H,10-11H2. The molecule has 0 saturated heterocycles. The van der Waals surface area contributed by atoms with E-state index in [1.807, 2.05) is 36.5 Å². The van der Waals surface area contributed by atoms with Gasteiger partial charge in [0.05, 0.1) is 9.99 Å². The first-order chi connectivity index (χ1) is 10.3. The van der Waals surface area contributed by atoms with Crippen molar-refractivity contribution in [1.29, 1.82) is 0 Å². The largest absolute Gasteiger partial charge is 0.506 e. The van der Waals surface area contributed by atoms with Gasteiger partial charge in [-0.2, -0.15) is 0 Å². The number of aromatic hydroxyl groups is 1. The molecule has 1 heterocycles. The minimum Gasteiger partial charge on any atom is -0.506 e. The van der Waals surface area contributed by atoms with Crippen LogP contribution in [0.25, 0.3) is 10.9 Å². The van der Waals surface area contributed by atoms with E-state index in [2.05, 4.69) is 44.4 Å². The van der Waals surface area contributed by atoms with E-state index < -0.39 is 0 Å². The van der Waals surface area contributed by atoms with Gasteiger partial charge >= 0.3 is 0 Å². The Hall–Kier alpha value is -1.91. The Morgan fingerprint density at radius 1 is 0.952 bits per heavy atom. The van der Waals surface area contributed by atoms with E-state index in [0.29, 0.717) is 23.3 Å². The maximum absolute atomic E-state index is 9.97. The molecule has 106 valence electrons. The predicted molar refractivity (Wildman–Crippen MR) is 88.1 cm³/mol. The Labute approximate surface area is 131 Å². The number of aromatic nitrogens is 1. The summed E-state index contributed by atoms with van der Waals surface area (Å²) in [5, 5.41) is 14.5. The SMILES string of the molecule is Oc1c(Br)cccc1CNCc1cccc2cccnc12. The molecule has 3 nitrogen and oxygen atoms in total. The lowest BCUT2D eigenvalue weighted by Crippen LogP contribution is -2.13. The second-order valence-corrected chi connectivity index (χ2v) is 5.70. The molecule has 0 aliphatic rings. The number of pyridine rings is 1. The first-order valence-electron chi connectivity index (χ1n) is 6.75. The van der Waals surface area contributed by atoms with Crippen molar-refractivity contribution in [1.82, 2.24) is 10.3 Å². The second kappa shape index (κ2) is 6.24. The van der Waals surface area contributed by atoms with Crippen LogP contribution in [0, 0.1) is 0 Å². The van der Waals surface area contributed by atoms with E-state index in [-0.39, 0.29) is 0 Å². The van der Waals surface area contributed by atoms with Crippen molar-refractivity contribution in [2.75, 3.05) is 0 Å². The topological polar surface area (TPSA) is 45.1 Å². The fourth-order valence-corrected chi connectivity index (χ4v) is 2.75. The maximum atomic E-state index is 9.97. The zero-order valence-corrected chi connectivity index (χ0v) is 13.0. The molecule has 0 aliphatic carbocycles. The number of para-hydroxylation sites is 2. The van der Waals surface area contributed by atoms with Gasteiger partial charge in [-0.05, 0) is 33.6 Å². The van der Waals surface area contributed by atoms with E-state index in [9.17, 15) is 5.11 Å². The summed E-state index contributed by atoms with van der Waals surface area (Å²) in [6.45, 7) is 1.31. The number of benzene rings is 2. The highest BCUT2D eigenvalue weighted by molar-refractivity contribution is 9.10. The van der Waals surface area contributed by atoms with Crippen LogP contribution in [0.15, 0.2) is 59.2 Å². The van der Waals surface area contributed by atoms with Gasteiger partial charge in [0.25, 0.3) is 0 Å². The highest BCUT2D eigenvalue weighted by atomic mass is 79.9. The summed E-state index contributed by atoms with van der Waals surface area (Å²) in [6, 6.07) is 15.8. The minimum atomic E-state index is 0.293. The molecule has 1 aromatic heterocycles. The molecule has 0 aliphatic heterocycles. The molecule has 0 spiro atoms. The van der Waals surface area contributed by atoms with Gasteiger partial charge in [-0.1, -0.05) is 36.4 Å². The lowest BCUT2D eigenvalue weighted by molar-refractivity contribution is 0.461. The molecular weight excluding hydrogens is 328 g/mol. The number of rotatable bonds is 4. The number of nitrogens with one attached hydrogen (secondary N) is 1. The zero-order valence-electron chi connectivity index (χ0n) is 11.4. The second-order valence-electron chi connectivity index (χ2n) is 4.84. The molecule has 3 rings (SSSR count). The van der Waals surface area contributed by atoms with Crippen molar-refractivity contribution in [2.45, 2.75) is 13.1 Å². The van der Waals surface area contributed by atoms with Crippen LogP contribution in [0.4, 0.5) is 0 Å². The Morgan fingerprint density at radius 3 is 2.57 bits per heavy atom. The first kappa shape index (κ1) is 14.0. The summed E-state index contributed by atoms with van der Waals surface area (Å²) < 4.78 is 0.716. The Morgan fingerprint density at radius 2 is 1.67 bits per heavy atom. The molecule has 4 heteroatoms. The van der Waals surface area contributed by atoms with Gasteiger partial charge in [-0.25, -0.2) is 0 Å². The van der Waals surface area contributed by atoms with Crippen molar-refractivity contribution < 1.29 is 5.11 Å². The van der Waals surface area contributed by atoms with Crippen molar-refractivity contribution >= 4 is 26.8 Å². The number of phenolic OH excluding ortho intramolecular Hbond substituents is 1. The molecule has 2 aromatic carbocycles. The highest BCUT2D eigenvalue weighted by Crippen LogP contribution is 2.27. The first-order valence-corrected chi connectivity index (χ1v) is 7.54. The summed E-state index contributed by atoms with van der Waals surface area (Å²) in [4.78, 5) is 4.44. The molecule has 21 heavy (non-hydrogen) atoms. The highest BCUT2D eigenvalue weighted by Gasteiger charge is 2.05. The lowest BCUT2D eigenvalue weighted by Gasteiger charge is -2.09. The molecule has 3 aromatic rings. The maximum Gasteiger partial charge on any atom is 0.134 e. The summed E-state index contributed by atoms with van der Waals surface area (Å²) in [5.41, 5.74) is 3.05. The van der Waals surface area contributed by atoms with E-state index >= 15 is 0 Å². The summed E-state index contributed by atoms with van der Waals surface area (Å²) in [7, 11) is 0. The van der Waals surface area contributed by atoms with Crippen molar-refractivity contribution in [3.05, 3.63) is 70.3 Å². The Bertz CT molecular complexity index is 768. The molecule has 0 radical (unpaired) electrons.